The maximum Gasteiger partial charge on any atom is 0.319 e. The van der Waals surface area contributed by atoms with Crippen LogP contribution in [0.3, 0.4) is 0 Å². The average molecular weight is 272 g/mol. The van der Waals surface area contributed by atoms with Gasteiger partial charge in [0, 0.05) is 12.1 Å². The second-order valence-corrected chi connectivity index (χ2v) is 4.14. The summed E-state index contributed by atoms with van der Waals surface area (Å²) in [5, 5.41) is 13.2. The quantitative estimate of drug-likeness (QED) is 0.786. The van der Waals surface area contributed by atoms with Gasteiger partial charge in [0.2, 0.25) is 0 Å². The fraction of sp³-hybridized carbons (Fsp3) is 0.333. The van der Waals surface area contributed by atoms with Gasteiger partial charge in [0.05, 0.1) is 11.6 Å². The number of anilines is 1. The molecule has 0 aliphatic heterocycles. The van der Waals surface area contributed by atoms with Crippen LogP contribution in [0.2, 0.25) is 0 Å². The summed E-state index contributed by atoms with van der Waals surface area (Å²) in [6.45, 7) is 2.93. The van der Waals surface area contributed by atoms with E-state index in [-0.39, 0.29) is 5.69 Å². The number of carbonyl (C=O) groups is 2. The molecule has 0 saturated carbocycles. The zero-order valence-electron chi connectivity index (χ0n) is 10.4. The number of benzene rings is 1. The molecule has 0 saturated heterocycles. The van der Waals surface area contributed by atoms with Crippen LogP contribution in [0.5, 0.6) is 0 Å². The molecule has 2 amide bonds. The van der Waals surface area contributed by atoms with Crippen molar-refractivity contribution in [2.45, 2.75) is 19.9 Å². The molecule has 5 nitrogen and oxygen atoms in total. The predicted molar refractivity (Wildman–Crippen MR) is 64.8 cm³/mol. The van der Waals surface area contributed by atoms with Crippen molar-refractivity contribution < 1.29 is 23.5 Å². The Morgan fingerprint density at radius 2 is 1.89 bits per heavy atom. The Balaban J connectivity index is 2.65. The first kappa shape index (κ1) is 14.9. The van der Waals surface area contributed by atoms with Crippen LogP contribution in [0, 0.1) is 17.6 Å². The van der Waals surface area contributed by atoms with E-state index in [9.17, 15) is 18.4 Å². The highest BCUT2D eigenvalue weighted by Crippen LogP contribution is 2.15. The van der Waals surface area contributed by atoms with Gasteiger partial charge in [-0.3, -0.25) is 4.79 Å². The first-order valence-electron chi connectivity index (χ1n) is 5.56. The lowest BCUT2D eigenvalue weighted by molar-refractivity contribution is -0.141. The molecule has 0 heterocycles. The van der Waals surface area contributed by atoms with E-state index in [2.05, 4.69) is 10.6 Å². The van der Waals surface area contributed by atoms with E-state index >= 15 is 0 Å². The van der Waals surface area contributed by atoms with Gasteiger partial charge in [-0.1, -0.05) is 0 Å². The zero-order valence-corrected chi connectivity index (χ0v) is 10.4. The Morgan fingerprint density at radius 1 is 1.26 bits per heavy atom. The second kappa shape index (κ2) is 6.12. The minimum Gasteiger partial charge on any atom is -0.481 e. The molecule has 7 heteroatoms. The highest BCUT2D eigenvalue weighted by atomic mass is 19.1. The molecule has 19 heavy (non-hydrogen) atoms. The average Bonchev–Trinajstić information content (AvgIpc) is 2.32. The molecule has 0 fully saturated rings. The third-order valence-electron chi connectivity index (χ3n) is 2.67. The molecule has 2 unspecified atom stereocenters. The number of hydrogen-bond acceptors (Lipinski definition) is 2. The fourth-order valence-electron chi connectivity index (χ4n) is 1.30. The van der Waals surface area contributed by atoms with Crippen molar-refractivity contribution in [3.05, 3.63) is 29.8 Å². The summed E-state index contributed by atoms with van der Waals surface area (Å²) in [6, 6.07) is 1.18. The van der Waals surface area contributed by atoms with Gasteiger partial charge in [0.25, 0.3) is 0 Å². The summed E-state index contributed by atoms with van der Waals surface area (Å²) in [4.78, 5) is 22.2. The molecular weight excluding hydrogens is 258 g/mol. The Bertz CT molecular complexity index is 494. The van der Waals surface area contributed by atoms with Gasteiger partial charge in [-0.05, 0) is 26.0 Å². The maximum absolute atomic E-state index is 13.3. The number of carbonyl (C=O) groups excluding carboxylic acids is 1. The van der Waals surface area contributed by atoms with Crippen LogP contribution in [0.1, 0.15) is 13.8 Å². The van der Waals surface area contributed by atoms with Crippen molar-refractivity contribution in [2.75, 3.05) is 5.32 Å². The molecule has 104 valence electrons. The Labute approximate surface area is 108 Å². The van der Waals surface area contributed by atoms with Crippen LogP contribution < -0.4 is 10.6 Å². The standard InChI is InChI=1S/C12H14F2N2O3/c1-6(11(17)18)7(2)15-12(19)16-10-5-8(13)3-4-9(10)14/h3-7H,1-2H3,(H,17,18)(H2,15,16,19). The summed E-state index contributed by atoms with van der Waals surface area (Å²) < 4.78 is 26.1. The van der Waals surface area contributed by atoms with Crippen molar-refractivity contribution >= 4 is 17.7 Å². The van der Waals surface area contributed by atoms with E-state index in [4.69, 9.17) is 5.11 Å². The Kier molecular flexibility index (Phi) is 4.80. The highest BCUT2D eigenvalue weighted by molar-refractivity contribution is 5.89. The maximum atomic E-state index is 13.3. The number of carboxylic acid groups (broad SMARTS) is 1. The number of hydrogen-bond donors (Lipinski definition) is 3. The van der Waals surface area contributed by atoms with Gasteiger partial charge >= 0.3 is 12.0 Å². The number of carboxylic acids is 1. The number of amides is 2. The third-order valence-corrected chi connectivity index (χ3v) is 2.67. The number of rotatable bonds is 4. The lowest BCUT2D eigenvalue weighted by Crippen LogP contribution is -2.42. The minimum absolute atomic E-state index is 0.312. The molecule has 0 spiro atoms. The summed E-state index contributed by atoms with van der Waals surface area (Å²) in [5.41, 5.74) is -0.312. The molecular formula is C12H14F2N2O3. The summed E-state index contributed by atoms with van der Waals surface area (Å²) in [7, 11) is 0. The molecule has 0 aliphatic carbocycles. The van der Waals surface area contributed by atoms with Gasteiger partial charge in [-0.15, -0.1) is 0 Å². The summed E-state index contributed by atoms with van der Waals surface area (Å²) in [6.07, 6.45) is 0. The van der Waals surface area contributed by atoms with E-state index in [1.165, 1.54) is 13.8 Å². The molecule has 0 bridgehead atoms. The monoisotopic (exact) mass is 272 g/mol. The Morgan fingerprint density at radius 3 is 2.47 bits per heavy atom. The Hall–Kier alpha value is -2.18. The smallest absolute Gasteiger partial charge is 0.319 e. The first-order chi connectivity index (χ1) is 8.81. The largest absolute Gasteiger partial charge is 0.481 e. The van der Waals surface area contributed by atoms with Crippen molar-refractivity contribution in [3.8, 4) is 0 Å². The molecule has 2 atom stereocenters. The number of halogens is 2. The van der Waals surface area contributed by atoms with E-state index in [1.807, 2.05) is 0 Å². The van der Waals surface area contributed by atoms with Crippen molar-refractivity contribution in [3.63, 3.8) is 0 Å². The van der Waals surface area contributed by atoms with E-state index in [0.29, 0.717) is 0 Å². The zero-order chi connectivity index (χ0) is 14.6. The van der Waals surface area contributed by atoms with Gasteiger partial charge in [0.1, 0.15) is 11.6 Å². The van der Waals surface area contributed by atoms with Crippen LogP contribution in [0.15, 0.2) is 18.2 Å². The number of urea groups is 1. The van der Waals surface area contributed by atoms with E-state index in [0.717, 1.165) is 18.2 Å². The molecule has 0 radical (unpaired) electrons. The molecule has 1 aromatic carbocycles. The van der Waals surface area contributed by atoms with Crippen LogP contribution in [0.4, 0.5) is 19.3 Å². The summed E-state index contributed by atoms with van der Waals surface area (Å²) >= 11 is 0. The van der Waals surface area contributed by atoms with Gasteiger partial charge in [-0.2, -0.15) is 0 Å². The van der Waals surface area contributed by atoms with E-state index < -0.39 is 35.6 Å². The fourth-order valence-corrected chi connectivity index (χ4v) is 1.30. The second-order valence-electron chi connectivity index (χ2n) is 4.14. The van der Waals surface area contributed by atoms with Crippen molar-refractivity contribution in [2.24, 2.45) is 5.92 Å². The van der Waals surface area contributed by atoms with Crippen LogP contribution >= 0.6 is 0 Å². The molecule has 3 N–H and O–H groups in total. The predicted octanol–water partition coefficient (Wildman–Crippen LogP) is 2.20. The SMILES string of the molecule is CC(NC(=O)Nc1cc(F)ccc1F)C(C)C(=O)O. The third kappa shape index (κ3) is 4.20. The summed E-state index contributed by atoms with van der Waals surface area (Å²) in [5.74, 6) is -3.34. The highest BCUT2D eigenvalue weighted by Gasteiger charge is 2.21. The number of nitrogens with one attached hydrogen (secondary N) is 2. The van der Waals surface area contributed by atoms with Crippen molar-refractivity contribution in [1.82, 2.24) is 5.32 Å². The van der Waals surface area contributed by atoms with Crippen LogP contribution in [-0.2, 0) is 4.79 Å². The first-order valence-corrected chi connectivity index (χ1v) is 5.56. The van der Waals surface area contributed by atoms with Crippen LogP contribution in [-0.4, -0.2) is 23.1 Å². The minimum atomic E-state index is -1.07. The van der Waals surface area contributed by atoms with Gasteiger partial charge < -0.3 is 15.7 Å². The van der Waals surface area contributed by atoms with Crippen LogP contribution in [0.25, 0.3) is 0 Å². The van der Waals surface area contributed by atoms with Gasteiger partial charge in [0.15, 0.2) is 0 Å². The molecule has 1 rings (SSSR count). The van der Waals surface area contributed by atoms with E-state index in [1.54, 1.807) is 0 Å². The molecule has 1 aromatic rings. The van der Waals surface area contributed by atoms with Crippen molar-refractivity contribution in [1.29, 1.82) is 0 Å². The van der Waals surface area contributed by atoms with Gasteiger partial charge in [-0.25, -0.2) is 13.6 Å². The topological polar surface area (TPSA) is 78.4 Å². The number of aliphatic carboxylic acids is 1. The lowest BCUT2D eigenvalue weighted by Gasteiger charge is -2.18. The normalized spacial score (nSPS) is 13.5. The lowest BCUT2D eigenvalue weighted by atomic mass is 10.0. The molecule has 0 aromatic heterocycles. The molecule has 0 aliphatic rings.